The Morgan fingerprint density at radius 3 is 1.33 bits per heavy atom. The van der Waals surface area contributed by atoms with Crippen LogP contribution in [0.15, 0.2) is 10.7 Å². The Morgan fingerprint density at radius 2 is 0.980 bits per heavy atom. The zero-order valence-electron chi connectivity index (χ0n) is 31.4. The molecule has 1 aromatic carbocycles. The molecule has 0 saturated carbocycles. The second-order valence-corrected chi connectivity index (χ2v) is 19.1. The van der Waals surface area contributed by atoms with Crippen LogP contribution in [0.1, 0.15) is 182 Å². The first kappa shape index (κ1) is 48.3. The molecule has 286 valence electrons. The van der Waals surface area contributed by atoms with Crippen molar-refractivity contribution in [1.29, 1.82) is 0 Å². The summed E-state index contributed by atoms with van der Waals surface area (Å²) in [7, 11) is -0.697. The van der Waals surface area contributed by atoms with Crippen molar-refractivity contribution in [3.8, 4) is 0 Å². The highest BCUT2D eigenvalue weighted by molar-refractivity contribution is 7.75. The van der Waals surface area contributed by atoms with Crippen molar-refractivity contribution in [2.24, 2.45) is 0 Å². The van der Waals surface area contributed by atoms with Gasteiger partial charge in [-0.2, -0.15) is 0 Å². The van der Waals surface area contributed by atoms with Crippen LogP contribution in [0.25, 0.3) is 11.0 Å². The molecular formula is C38H69BrCl2N3O4P. The van der Waals surface area contributed by atoms with Crippen molar-refractivity contribution in [3.63, 3.8) is 0 Å². The maximum absolute atomic E-state index is 11.0. The van der Waals surface area contributed by atoms with Crippen molar-refractivity contribution in [3.05, 3.63) is 31.4 Å². The number of halogens is 3. The van der Waals surface area contributed by atoms with Gasteiger partial charge >= 0.3 is 5.69 Å². The molecule has 0 atom stereocenters. The minimum Gasteiger partial charge on any atom is -1.00 e. The Bertz CT molecular complexity index is 1080. The van der Waals surface area contributed by atoms with Crippen LogP contribution in [0, 0.1) is 15.3 Å². The second kappa shape index (κ2) is 30.9. The Labute approximate surface area is 320 Å². The van der Waals surface area contributed by atoms with E-state index in [1.165, 1.54) is 128 Å². The number of nitrogens with zero attached hydrogens (tertiary/aromatic N) is 3. The molecule has 1 aromatic heterocycles. The maximum Gasteiger partial charge on any atom is 0.311 e. The van der Waals surface area contributed by atoms with E-state index < -0.39 is 22.9 Å². The molecule has 0 fully saturated rings. The highest BCUT2D eigenvalue weighted by Gasteiger charge is 2.35. The molecule has 0 saturated heterocycles. The molecular weight excluding hydrogens is 744 g/mol. The van der Waals surface area contributed by atoms with E-state index in [-0.39, 0.29) is 37.9 Å². The first-order chi connectivity index (χ1) is 23.3. The molecule has 0 amide bonds. The number of fused-ring (bicyclic) bond motifs is 1. The molecule has 0 aliphatic carbocycles. The zero-order chi connectivity index (χ0) is 35.5. The number of nitro groups is 1. The molecule has 49 heavy (non-hydrogen) atoms. The van der Waals surface area contributed by atoms with Gasteiger partial charge in [0.05, 0.1) is 29.6 Å². The third-order valence-corrected chi connectivity index (χ3v) is 15.4. The van der Waals surface area contributed by atoms with Crippen molar-refractivity contribution >= 4 is 47.2 Å². The maximum atomic E-state index is 11.0. The van der Waals surface area contributed by atoms with E-state index in [0.717, 1.165) is 6.07 Å². The molecule has 1 heterocycles. The average Bonchev–Trinajstić information content (AvgIpc) is 3.44. The Morgan fingerprint density at radius 1 is 0.653 bits per heavy atom. The molecule has 0 spiro atoms. The normalized spacial score (nSPS) is 11.4. The number of benzene rings is 1. The smallest absolute Gasteiger partial charge is 0.311 e. The highest BCUT2D eigenvalue weighted by Crippen LogP contribution is 2.61. The standard InChI is InChI=1S/C32H68P.C6HCl2N3O4.BrH/c1-5-9-13-17-18-19-20-21-22-23-24-28-32-33(29-25-14-10-6-2,30-26-15-11-7-3)31-27-16-12-8-4;7-2-1-3-6(11(14)15-9-3)4(8)5(2)10(12)13;/h5-32H2,1-4H3;1H;1H/q+1;;/p-1. The predicted molar refractivity (Wildman–Crippen MR) is 210 cm³/mol. The molecule has 0 aliphatic heterocycles. The SMILES string of the molecule is CCCCCCCCCCCCCC[P+](CCCCCC)(CCCCCC)CCCCCC.O=[N+]([O-])c1c(Cl)cc2no[n+]([O-])c2c1Cl.[Br-]. The summed E-state index contributed by atoms with van der Waals surface area (Å²) in [6.07, 6.45) is 42.1. The van der Waals surface area contributed by atoms with Gasteiger partial charge in [0.1, 0.15) is 5.02 Å². The number of rotatable bonds is 29. The second-order valence-electron chi connectivity index (χ2n) is 13.9. The number of hydrogen-bond acceptors (Lipinski definition) is 5. The average molecular weight is 814 g/mol. The number of hydrogen-bond donors (Lipinski definition) is 0. The minimum absolute atomic E-state index is 0. The van der Waals surface area contributed by atoms with E-state index in [1.54, 1.807) is 50.3 Å². The number of nitro benzene ring substituents is 1. The van der Waals surface area contributed by atoms with E-state index in [0.29, 0.717) is 0 Å². The summed E-state index contributed by atoms with van der Waals surface area (Å²) in [6, 6.07) is 1.14. The molecule has 0 unspecified atom stereocenters. The third-order valence-electron chi connectivity index (χ3n) is 9.67. The summed E-state index contributed by atoms with van der Waals surface area (Å²) >= 11 is 11.2. The summed E-state index contributed by atoms with van der Waals surface area (Å²) in [5.41, 5.74) is -0.697. The topological polar surface area (TPSA) is 96.1 Å². The van der Waals surface area contributed by atoms with Gasteiger partial charge in [-0.05, 0) is 56.3 Å². The van der Waals surface area contributed by atoms with Crippen LogP contribution >= 0.6 is 30.5 Å². The molecule has 0 bridgehead atoms. The van der Waals surface area contributed by atoms with Crippen molar-refractivity contribution in [1.82, 2.24) is 5.16 Å². The first-order valence-electron chi connectivity index (χ1n) is 19.6. The monoisotopic (exact) mass is 811 g/mol. The van der Waals surface area contributed by atoms with E-state index in [1.807, 2.05) is 0 Å². The Hall–Kier alpha value is -0.690. The van der Waals surface area contributed by atoms with Gasteiger partial charge < -0.3 is 22.2 Å². The number of unbranched alkanes of at least 4 members (excludes halogenated alkanes) is 20. The van der Waals surface area contributed by atoms with Crippen molar-refractivity contribution < 1.29 is 31.4 Å². The molecule has 0 N–H and O–H groups in total. The van der Waals surface area contributed by atoms with Crippen LogP contribution in [-0.4, -0.2) is 34.7 Å². The highest BCUT2D eigenvalue weighted by atomic mass is 79.9. The fraction of sp³-hybridized carbons (Fsp3) is 0.842. The van der Waals surface area contributed by atoms with E-state index in [2.05, 4.69) is 37.5 Å². The molecule has 2 rings (SSSR count). The van der Waals surface area contributed by atoms with E-state index in [4.69, 9.17) is 23.2 Å². The van der Waals surface area contributed by atoms with Crippen LogP contribution in [0.3, 0.4) is 0 Å². The van der Waals surface area contributed by atoms with E-state index in [9.17, 15) is 15.3 Å². The summed E-state index contributed by atoms with van der Waals surface area (Å²) in [6.45, 7) is 9.41. The van der Waals surface area contributed by atoms with Crippen LogP contribution < -0.4 is 21.9 Å². The summed E-state index contributed by atoms with van der Waals surface area (Å²) in [4.78, 5) is 9.80. The van der Waals surface area contributed by atoms with Crippen LogP contribution in [-0.2, 0) is 0 Å². The van der Waals surface area contributed by atoms with Gasteiger partial charge in [0.2, 0.25) is 0 Å². The molecule has 2 aromatic rings. The van der Waals surface area contributed by atoms with Gasteiger partial charge in [0.15, 0.2) is 5.02 Å². The lowest BCUT2D eigenvalue weighted by Gasteiger charge is -2.28. The van der Waals surface area contributed by atoms with Gasteiger partial charge in [0.25, 0.3) is 11.0 Å². The minimum atomic E-state index is -0.781. The summed E-state index contributed by atoms with van der Waals surface area (Å²) < 4.78 is 4.23. The fourth-order valence-corrected chi connectivity index (χ4v) is 12.3. The largest absolute Gasteiger partial charge is 1.00 e. The molecule has 11 heteroatoms. The van der Waals surface area contributed by atoms with Crippen LogP contribution in [0.2, 0.25) is 10.0 Å². The van der Waals surface area contributed by atoms with Gasteiger partial charge in [-0.15, -0.1) is 0 Å². The lowest BCUT2D eigenvalue weighted by molar-refractivity contribution is -0.782. The third kappa shape index (κ3) is 20.8. The molecule has 7 nitrogen and oxygen atoms in total. The van der Waals surface area contributed by atoms with Crippen LogP contribution in [0.5, 0.6) is 0 Å². The fourth-order valence-electron chi connectivity index (χ4n) is 6.70. The number of aromatic nitrogens is 2. The quantitative estimate of drug-likeness (QED) is 0.0268. The van der Waals surface area contributed by atoms with Crippen molar-refractivity contribution in [2.75, 3.05) is 24.6 Å². The lowest BCUT2D eigenvalue weighted by atomic mass is 10.1. The summed E-state index contributed by atoms with van der Waals surface area (Å²) in [5, 5.41) is 24.3. The summed E-state index contributed by atoms with van der Waals surface area (Å²) in [5.74, 6) is 0. The van der Waals surface area contributed by atoms with Crippen LogP contribution in [0.4, 0.5) is 5.69 Å². The van der Waals surface area contributed by atoms with E-state index >= 15 is 0 Å². The first-order valence-corrected chi connectivity index (χ1v) is 22.9. The zero-order valence-corrected chi connectivity index (χ0v) is 35.4. The molecule has 0 aliphatic rings. The van der Waals surface area contributed by atoms with Gasteiger partial charge in [0, 0.05) is 18.5 Å². The van der Waals surface area contributed by atoms with Crippen molar-refractivity contribution in [2.45, 2.75) is 182 Å². The van der Waals surface area contributed by atoms with Gasteiger partial charge in [-0.3, -0.25) is 14.7 Å². The Kier molecular flexibility index (Phi) is 30.5. The van der Waals surface area contributed by atoms with Gasteiger partial charge in [-0.25, -0.2) is 0 Å². The predicted octanol–water partition coefficient (Wildman–Crippen LogP) is 11.1. The Balaban J connectivity index is 0.00000119. The molecule has 0 radical (unpaired) electrons. The van der Waals surface area contributed by atoms with Gasteiger partial charge in [-0.1, -0.05) is 154 Å². The lowest BCUT2D eigenvalue weighted by Crippen LogP contribution is -3.00.